The van der Waals surface area contributed by atoms with E-state index in [9.17, 15) is 13.5 Å². The van der Waals surface area contributed by atoms with E-state index in [1.165, 1.54) is 0 Å². The maximum Gasteiger partial charge on any atom is 0.155 e. The van der Waals surface area contributed by atoms with Crippen LogP contribution in [0.25, 0.3) is 0 Å². The van der Waals surface area contributed by atoms with Crippen LogP contribution in [0.3, 0.4) is 0 Å². The van der Waals surface area contributed by atoms with Gasteiger partial charge in [0.05, 0.1) is 29.8 Å². The predicted octanol–water partition coefficient (Wildman–Crippen LogP) is -1.23. The molecule has 2 N–H and O–H groups in total. The molecule has 0 aliphatic carbocycles. The summed E-state index contributed by atoms with van der Waals surface area (Å²) in [5, 5.41) is 12.3. The Kier molecular flexibility index (Phi) is 3.88. The van der Waals surface area contributed by atoms with Gasteiger partial charge in [-0.25, -0.2) is 8.42 Å². The highest BCUT2D eigenvalue weighted by molar-refractivity contribution is 7.91. The summed E-state index contributed by atoms with van der Waals surface area (Å²) in [4.78, 5) is 0. The van der Waals surface area contributed by atoms with Gasteiger partial charge in [-0.1, -0.05) is 0 Å². The molecule has 0 amide bonds. The highest BCUT2D eigenvalue weighted by Gasteiger charge is 2.37. The molecule has 3 unspecified atom stereocenters. The van der Waals surface area contributed by atoms with Crippen LogP contribution in [0.5, 0.6) is 0 Å². The van der Waals surface area contributed by atoms with E-state index in [1.54, 1.807) is 7.05 Å². The van der Waals surface area contributed by atoms with Crippen LogP contribution in [0.2, 0.25) is 0 Å². The van der Waals surface area contributed by atoms with Gasteiger partial charge in [-0.15, -0.1) is 0 Å². The zero-order chi connectivity index (χ0) is 10.8. The summed E-state index contributed by atoms with van der Waals surface area (Å²) in [6.07, 6.45) is -1.53. The molecule has 1 fully saturated rings. The zero-order valence-corrected chi connectivity index (χ0v) is 9.25. The van der Waals surface area contributed by atoms with Gasteiger partial charge in [-0.2, -0.15) is 0 Å². The minimum absolute atomic E-state index is 0.0672. The topological polar surface area (TPSA) is 75.6 Å². The minimum atomic E-state index is -3.10. The van der Waals surface area contributed by atoms with Gasteiger partial charge in [0.2, 0.25) is 0 Å². The molecule has 3 atom stereocenters. The molecule has 0 aromatic heterocycles. The fraction of sp³-hybridized carbons (Fsp3) is 1.00. The van der Waals surface area contributed by atoms with Crippen molar-refractivity contribution >= 4 is 9.84 Å². The summed E-state index contributed by atoms with van der Waals surface area (Å²) in [5.41, 5.74) is 0. The number of likely N-dealkylation sites (N-methyl/N-ethyl adjacent to an activating group) is 1. The van der Waals surface area contributed by atoms with Gasteiger partial charge in [-0.3, -0.25) is 0 Å². The standard InChI is InChI=1S/C8H17NO4S/c1-6(3-9-2)13-8-5-14(11,12)4-7(8)10/h6-10H,3-5H2,1-2H3. The maximum absolute atomic E-state index is 11.1. The number of nitrogens with one attached hydrogen (secondary N) is 1. The molecule has 1 rings (SSSR count). The molecular weight excluding hydrogens is 206 g/mol. The van der Waals surface area contributed by atoms with Gasteiger partial charge in [-0.05, 0) is 14.0 Å². The van der Waals surface area contributed by atoms with Crippen molar-refractivity contribution in [2.24, 2.45) is 0 Å². The van der Waals surface area contributed by atoms with E-state index < -0.39 is 22.0 Å². The van der Waals surface area contributed by atoms with Crippen LogP contribution < -0.4 is 5.32 Å². The first-order valence-corrected chi connectivity index (χ1v) is 6.45. The summed E-state index contributed by atoms with van der Waals surface area (Å²) in [6.45, 7) is 2.48. The SMILES string of the molecule is CNCC(C)OC1CS(=O)(=O)CC1O. The molecule has 1 aliphatic heterocycles. The Morgan fingerprint density at radius 2 is 2.21 bits per heavy atom. The first-order chi connectivity index (χ1) is 6.44. The maximum atomic E-state index is 11.1. The van der Waals surface area contributed by atoms with Gasteiger partial charge in [0.1, 0.15) is 0 Å². The van der Waals surface area contributed by atoms with Gasteiger partial charge < -0.3 is 15.2 Å². The molecule has 0 bridgehead atoms. The number of ether oxygens (including phenoxy) is 1. The van der Waals surface area contributed by atoms with Crippen LogP contribution in [-0.2, 0) is 14.6 Å². The van der Waals surface area contributed by atoms with Gasteiger partial charge in [0.15, 0.2) is 9.84 Å². The number of hydrogen-bond acceptors (Lipinski definition) is 5. The van der Waals surface area contributed by atoms with Crippen molar-refractivity contribution in [3.63, 3.8) is 0 Å². The number of aliphatic hydroxyl groups is 1. The Balaban J connectivity index is 2.46. The monoisotopic (exact) mass is 223 g/mol. The van der Waals surface area contributed by atoms with Crippen molar-refractivity contribution in [2.75, 3.05) is 25.1 Å². The van der Waals surface area contributed by atoms with Crippen LogP contribution in [0.15, 0.2) is 0 Å². The first-order valence-electron chi connectivity index (χ1n) is 4.63. The average molecular weight is 223 g/mol. The highest BCUT2D eigenvalue weighted by Crippen LogP contribution is 2.17. The second kappa shape index (κ2) is 4.57. The molecular formula is C8H17NO4S. The van der Waals surface area contributed by atoms with Crippen molar-refractivity contribution < 1.29 is 18.3 Å². The Morgan fingerprint density at radius 1 is 1.57 bits per heavy atom. The summed E-state index contributed by atoms with van der Waals surface area (Å²) in [7, 11) is -1.31. The van der Waals surface area contributed by atoms with Crippen molar-refractivity contribution in [3.8, 4) is 0 Å². The van der Waals surface area contributed by atoms with Crippen molar-refractivity contribution in [2.45, 2.75) is 25.2 Å². The minimum Gasteiger partial charge on any atom is -0.389 e. The molecule has 14 heavy (non-hydrogen) atoms. The highest BCUT2D eigenvalue weighted by atomic mass is 32.2. The summed E-state index contributed by atoms with van der Waals surface area (Å²) >= 11 is 0. The molecule has 84 valence electrons. The third kappa shape index (κ3) is 3.20. The summed E-state index contributed by atoms with van der Waals surface area (Å²) in [5.74, 6) is -0.244. The third-order valence-corrected chi connectivity index (χ3v) is 3.86. The van der Waals surface area contributed by atoms with Gasteiger partial charge >= 0.3 is 0 Å². The van der Waals surface area contributed by atoms with E-state index in [4.69, 9.17) is 4.74 Å². The van der Waals surface area contributed by atoms with Gasteiger partial charge in [0, 0.05) is 6.54 Å². The van der Waals surface area contributed by atoms with E-state index in [0.717, 1.165) is 0 Å². The molecule has 1 aliphatic rings. The number of hydrogen-bond donors (Lipinski definition) is 2. The van der Waals surface area contributed by atoms with E-state index in [1.807, 2.05) is 6.92 Å². The summed E-state index contributed by atoms with van der Waals surface area (Å²) < 4.78 is 27.7. The fourth-order valence-electron chi connectivity index (χ4n) is 1.56. The molecule has 0 aromatic rings. The molecule has 1 heterocycles. The lowest BCUT2D eigenvalue weighted by atomic mass is 10.2. The van der Waals surface area contributed by atoms with Gasteiger partial charge in [0.25, 0.3) is 0 Å². The average Bonchev–Trinajstić information content (AvgIpc) is 2.25. The molecule has 0 radical (unpaired) electrons. The largest absolute Gasteiger partial charge is 0.389 e. The molecule has 0 saturated carbocycles. The molecule has 6 heteroatoms. The predicted molar refractivity (Wildman–Crippen MR) is 52.9 cm³/mol. The van der Waals surface area contributed by atoms with E-state index in [0.29, 0.717) is 6.54 Å². The molecule has 0 spiro atoms. The Labute approximate surface area is 84.4 Å². The van der Waals surface area contributed by atoms with Crippen LogP contribution >= 0.6 is 0 Å². The lowest BCUT2D eigenvalue weighted by Crippen LogP contribution is -2.34. The van der Waals surface area contributed by atoms with Crippen LogP contribution in [0, 0.1) is 0 Å². The smallest absolute Gasteiger partial charge is 0.155 e. The van der Waals surface area contributed by atoms with E-state index in [2.05, 4.69) is 5.32 Å². The van der Waals surface area contributed by atoms with Crippen LogP contribution in [-0.4, -0.2) is 56.9 Å². The van der Waals surface area contributed by atoms with E-state index in [-0.39, 0.29) is 17.6 Å². The molecule has 5 nitrogen and oxygen atoms in total. The quantitative estimate of drug-likeness (QED) is 0.624. The molecule has 1 saturated heterocycles. The van der Waals surface area contributed by atoms with E-state index >= 15 is 0 Å². The molecule has 0 aromatic carbocycles. The lowest BCUT2D eigenvalue weighted by molar-refractivity contribution is -0.0438. The van der Waals surface area contributed by atoms with Crippen molar-refractivity contribution in [1.29, 1.82) is 0 Å². The Morgan fingerprint density at radius 3 is 2.64 bits per heavy atom. The summed E-state index contributed by atoms with van der Waals surface area (Å²) in [6, 6.07) is 0. The number of rotatable bonds is 4. The second-order valence-corrected chi connectivity index (χ2v) is 5.84. The van der Waals surface area contributed by atoms with Crippen LogP contribution in [0.4, 0.5) is 0 Å². The third-order valence-electron chi connectivity index (χ3n) is 2.17. The number of aliphatic hydroxyl groups excluding tert-OH is 1. The second-order valence-electron chi connectivity index (χ2n) is 3.69. The normalized spacial score (nSPS) is 33.1. The number of sulfone groups is 1. The van der Waals surface area contributed by atoms with Crippen molar-refractivity contribution in [3.05, 3.63) is 0 Å². The first kappa shape index (κ1) is 11.9. The fourth-order valence-corrected chi connectivity index (χ4v) is 3.23. The zero-order valence-electron chi connectivity index (χ0n) is 8.43. The Bertz CT molecular complexity index is 277. The van der Waals surface area contributed by atoms with Crippen molar-refractivity contribution in [1.82, 2.24) is 5.32 Å². The van der Waals surface area contributed by atoms with Crippen LogP contribution in [0.1, 0.15) is 6.92 Å². The lowest BCUT2D eigenvalue weighted by Gasteiger charge is -2.19. The Hall–Kier alpha value is -0.170.